The van der Waals surface area contributed by atoms with Crippen LogP contribution in [0.25, 0.3) is 0 Å². The van der Waals surface area contributed by atoms with Crippen molar-refractivity contribution in [3.05, 3.63) is 29.8 Å². The molecule has 1 aromatic carbocycles. The van der Waals surface area contributed by atoms with Gasteiger partial charge in [-0.15, -0.1) is 13.2 Å². The van der Waals surface area contributed by atoms with Gasteiger partial charge in [0.05, 0.1) is 0 Å². The quantitative estimate of drug-likeness (QED) is 0.855. The summed E-state index contributed by atoms with van der Waals surface area (Å²) < 4.78 is 41.6. The zero-order valence-corrected chi connectivity index (χ0v) is 13.3. The standard InChI is InChI=1S/C16H24F3NO/c1-14(2,3)20-11-10-15(4,5)12-8-6-7-9-13(12)21-16(17,18)19/h6-9,20H,10-11H2,1-5H3. The molecular formula is C16H24F3NO. The van der Waals surface area contributed by atoms with Crippen molar-refractivity contribution in [2.45, 2.75) is 58.4 Å². The van der Waals surface area contributed by atoms with Gasteiger partial charge in [0, 0.05) is 11.1 Å². The summed E-state index contributed by atoms with van der Waals surface area (Å²) in [7, 11) is 0. The molecule has 0 atom stereocenters. The minimum Gasteiger partial charge on any atom is -0.405 e. The van der Waals surface area contributed by atoms with Gasteiger partial charge in [-0.1, -0.05) is 32.0 Å². The van der Waals surface area contributed by atoms with E-state index < -0.39 is 11.8 Å². The largest absolute Gasteiger partial charge is 0.573 e. The molecule has 0 aliphatic rings. The third kappa shape index (κ3) is 6.38. The van der Waals surface area contributed by atoms with E-state index in [-0.39, 0.29) is 11.3 Å². The molecule has 5 heteroatoms. The normalized spacial score (nSPS) is 13.3. The van der Waals surface area contributed by atoms with Crippen LogP contribution in [0.5, 0.6) is 5.75 Å². The molecule has 0 spiro atoms. The Labute approximate surface area is 124 Å². The fourth-order valence-electron chi connectivity index (χ4n) is 2.12. The topological polar surface area (TPSA) is 21.3 Å². The Bertz CT molecular complexity index is 461. The van der Waals surface area contributed by atoms with Crippen LogP contribution in [0.15, 0.2) is 24.3 Å². The summed E-state index contributed by atoms with van der Waals surface area (Å²) in [6.07, 6.45) is -3.96. The third-order valence-corrected chi connectivity index (χ3v) is 3.25. The molecule has 0 saturated carbocycles. The van der Waals surface area contributed by atoms with Crippen molar-refractivity contribution in [3.8, 4) is 5.75 Å². The summed E-state index contributed by atoms with van der Waals surface area (Å²) in [6, 6.07) is 6.34. The number of ether oxygens (including phenoxy) is 1. The highest BCUT2D eigenvalue weighted by molar-refractivity contribution is 5.39. The van der Waals surface area contributed by atoms with Gasteiger partial charge < -0.3 is 10.1 Å². The molecule has 1 N–H and O–H groups in total. The molecule has 2 nitrogen and oxygen atoms in total. The minimum atomic E-state index is -4.67. The summed E-state index contributed by atoms with van der Waals surface area (Å²) in [5, 5.41) is 3.35. The molecular weight excluding hydrogens is 279 g/mol. The lowest BCUT2D eigenvalue weighted by Gasteiger charge is -2.30. The first-order valence-electron chi connectivity index (χ1n) is 7.01. The second kappa shape index (κ2) is 6.26. The van der Waals surface area contributed by atoms with Crippen LogP contribution in [0.1, 0.15) is 46.6 Å². The summed E-state index contributed by atoms with van der Waals surface area (Å²) in [4.78, 5) is 0. The van der Waals surface area contributed by atoms with Gasteiger partial charge in [-0.3, -0.25) is 0 Å². The van der Waals surface area contributed by atoms with E-state index in [4.69, 9.17) is 0 Å². The van der Waals surface area contributed by atoms with Crippen LogP contribution in [0.4, 0.5) is 13.2 Å². The highest BCUT2D eigenvalue weighted by Crippen LogP contribution is 2.36. The van der Waals surface area contributed by atoms with Gasteiger partial charge in [0.15, 0.2) is 0 Å². The number of rotatable bonds is 5. The van der Waals surface area contributed by atoms with E-state index in [0.717, 1.165) is 6.54 Å². The van der Waals surface area contributed by atoms with Gasteiger partial charge in [-0.05, 0) is 45.2 Å². The summed E-state index contributed by atoms with van der Waals surface area (Å²) >= 11 is 0. The number of para-hydroxylation sites is 1. The Morgan fingerprint density at radius 1 is 1.00 bits per heavy atom. The lowest BCUT2D eigenvalue weighted by Crippen LogP contribution is -2.38. The van der Waals surface area contributed by atoms with Crippen LogP contribution < -0.4 is 10.1 Å². The van der Waals surface area contributed by atoms with Crippen molar-refractivity contribution in [1.82, 2.24) is 5.32 Å². The molecule has 0 heterocycles. The highest BCUT2D eigenvalue weighted by Gasteiger charge is 2.34. The van der Waals surface area contributed by atoms with Gasteiger partial charge in [-0.2, -0.15) is 0 Å². The molecule has 0 aliphatic carbocycles. The zero-order valence-electron chi connectivity index (χ0n) is 13.3. The number of alkyl halides is 3. The molecule has 0 aromatic heterocycles. The Morgan fingerprint density at radius 2 is 1.57 bits per heavy atom. The molecule has 1 rings (SSSR count). The second-order valence-corrected chi connectivity index (χ2v) is 6.85. The predicted octanol–water partition coefficient (Wildman–Crippen LogP) is 4.64. The number of hydrogen-bond acceptors (Lipinski definition) is 2. The second-order valence-electron chi connectivity index (χ2n) is 6.85. The first-order valence-corrected chi connectivity index (χ1v) is 7.01. The fourth-order valence-corrected chi connectivity index (χ4v) is 2.12. The van der Waals surface area contributed by atoms with Crippen molar-refractivity contribution < 1.29 is 17.9 Å². The van der Waals surface area contributed by atoms with Gasteiger partial charge >= 0.3 is 6.36 Å². The van der Waals surface area contributed by atoms with E-state index >= 15 is 0 Å². The van der Waals surface area contributed by atoms with E-state index in [1.807, 2.05) is 13.8 Å². The molecule has 21 heavy (non-hydrogen) atoms. The van der Waals surface area contributed by atoms with Gasteiger partial charge in [0.25, 0.3) is 0 Å². The van der Waals surface area contributed by atoms with E-state index in [9.17, 15) is 13.2 Å². The molecule has 0 radical (unpaired) electrons. The van der Waals surface area contributed by atoms with Gasteiger partial charge in [-0.25, -0.2) is 0 Å². The third-order valence-electron chi connectivity index (χ3n) is 3.25. The Kier molecular flexibility index (Phi) is 5.31. The highest BCUT2D eigenvalue weighted by atomic mass is 19.4. The summed E-state index contributed by atoms with van der Waals surface area (Å²) in [6.45, 7) is 10.7. The van der Waals surface area contributed by atoms with Crippen LogP contribution in [0.3, 0.4) is 0 Å². The lowest BCUT2D eigenvalue weighted by atomic mass is 9.81. The monoisotopic (exact) mass is 303 g/mol. The molecule has 0 unspecified atom stereocenters. The number of halogens is 3. The van der Waals surface area contributed by atoms with Crippen molar-refractivity contribution in [1.29, 1.82) is 0 Å². The fraction of sp³-hybridized carbons (Fsp3) is 0.625. The maximum atomic E-state index is 12.5. The van der Waals surface area contributed by atoms with Crippen LogP contribution >= 0.6 is 0 Å². The smallest absolute Gasteiger partial charge is 0.405 e. The number of benzene rings is 1. The molecule has 0 bridgehead atoms. The van der Waals surface area contributed by atoms with Crippen molar-refractivity contribution in [3.63, 3.8) is 0 Å². The molecule has 0 saturated heterocycles. The number of hydrogen-bond donors (Lipinski definition) is 1. The van der Waals surface area contributed by atoms with Crippen LogP contribution in [-0.4, -0.2) is 18.4 Å². The van der Waals surface area contributed by atoms with E-state index in [1.54, 1.807) is 18.2 Å². The maximum Gasteiger partial charge on any atom is 0.573 e. The SMILES string of the molecule is CC(C)(C)NCCC(C)(C)c1ccccc1OC(F)(F)F. The van der Waals surface area contributed by atoms with Crippen LogP contribution in [-0.2, 0) is 5.41 Å². The predicted molar refractivity (Wildman–Crippen MR) is 78.5 cm³/mol. The first kappa shape index (κ1) is 17.8. The molecule has 120 valence electrons. The van der Waals surface area contributed by atoms with Gasteiger partial charge in [0.2, 0.25) is 0 Å². The zero-order chi connectivity index (χ0) is 16.3. The lowest BCUT2D eigenvalue weighted by molar-refractivity contribution is -0.275. The Balaban J connectivity index is 2.87. The van der Waals surface area contributed by atoms with E-state index in [2.05, 4.69) is 30.8 Å². The Morgan fingerprint density at radius 3 is 2.10 bits per heavy atom. The average Bonchev–Trinajstić information content (AvgIpc) is 2.25. The average molecular weight is 303 g/mol. The van der Waals surface area contributed by atoms with Crippen molar-refractivity contribution in [2.75, 3.05) is 6.54 Å². The van der Waals surface area contributed by atoms with Crippen molar-refractivity contribution in [2.24, 2.45) is 0 Å². The van der Waals surface area contributed by atoms with Gasteiger partial charge in [0.1, 0.15) is 5.75 Å². The Hall–Kier alpha value is -1.23. The van der Waals surface area contributed by atoms with E-state index in [1.165, 1.54) is 6.07 Å². The number of nitrogens with one attached hydrogen (secondary N) is 1. The van der Waals surface area contributed by atoms with Crippen LogP contribution in [0.2, 0.25) is 0 Å². The summed E-state index contributed by atoms with van der Waals surface area (Å²) in [5.74, 6) is -0.120. The van der Waals surface area contributed by atoms with E-state index in [0.29, 0.717) is 12.0 Å². The van der Waals surface area contributed by atoms with Crippen molar-refractivity contribution >= 4 is 0 Å². The van der Waals surface area contributed by atoms with Crippen LogP contribution in [0, 0.1) is 0 Å². The molecule has 0 fully saturated rings. The molecule has 0 amide bonds. The minimum absolute atomic E-state index is 0.0158. The molecule has 1 aromatic rings. The molecule has 0 aliphatic heterocycles. The summed E-state index contributed by atoms with van der Waals surface area (Å²) in [5.41, 5.74) is 0.135. The first-order chi connectivity index (χ1) is 9.41. The maximum absolute atomic E-state index is 12.5.